The van der Waals surface area contributed by atoms with Crippen LogP contribution in [0.4, 0.5) is 0 Å². The first kappa shape index (κ1) is 15.9. The minimum Gasteiger partial charge on any atom is -0.354 e. The van der Waals surface area contributed by atoms with Crippen LogP contribution in [0.5, 0.6) is 0 Å². The summed E-state index contributed by atoms with van der Waals surface area (Å²) in [6.07, 6.45) is -0.800. The first-order valence-corrected chi connectivity index (χ1v) is 7.34. The van der Waals surface area contributed by atoms with Gasteiger partial charge in [-0.3, -0.25) is 19.1 Å². The van der Waals surface area contributed by atoms with Crippen LogP contribution < -0.4 is 16.6 Å². The van der Waals surface area contributed by atoms with Gasteiger partial charge in [0.2, 0.25) is 5.91 Å². The molecule has 0 aromatic carbocycles. The number of H-pyrrole nitrogens is 1. The number of carbonyl (C=O) groups is 1. The van der Waals surface area contributed by atoms with Crippen molar-refractivity contribution in [2.75, 3.05) is 6.54 Å². The van der Waals surface area contributed by atoms with E-state index in [1.165, 1.54) is 23.8 Å². The number of hydrogen-bond acceptors (Lipinski definition) is 6. The number of aromatic nitrogens is 2. The lowest BCUT2D eigenvalue weighted by molar-refractivity contribution is -0.196. The van der Waals surface area contributed by atoms with Gasteiger partial charge in [0.05, 0.1) is 0 Å². The molecule has 9 nitrogen and oxygen atoms in total. The summed E-state index contributed by atoms with van der Waals surface area (Å²) in [5.74, 6) is -1.01. The van der Waals surface area contributed by atoms with Gasteiger partial charge < -0.3 is 19.5 Å². The topological polar surface area (TPSA) is 112 Å². The van der Waals surface area contributed by atoms with E-state index in [9.17, 15) is 14.4 Å². The van der Waals surface area contributed by atoms with Crippen LogP contribution in [0.3, 0.4) is 0 Å². The molecule has 0 spiro atoms. The number of aromatic amines is 1. The molecule has 3 rings (SSSR count). The second-order valence-electron chi connectivity index (χ2n) is 6.08. The van der Waals surface area contributed by atoms with Gasteiger partial charge in [-0.15, -0.1) is 0 Å². The second-order valence-corrected chi connectivity index (χ2v) is 6.08. The molecule has 0 unspecified atom stereocenters. The Kier molecular flexibility index (Phi) is 3.86. The Hall–Kier alpha value is -1.97. The highest BCUT2D eigenvalue weighted by Gasteiger charge is 2.55. The molecule has 2 aliphatic rings. The van der Waals surface area contributed by atoms with Gasteiger partial charge in [-0.25, -0.2) is 4.79 Å². The molecular formula is C14H19N3O6. The maximum atomic E-state index is 12.0. The number of carbonyl (C=O) groups excluding carboxylic acids is 1. The van der Waals surface area contributed by atoms with Crippen molar-refractivity contribution < 1.29 is 19.0 Å². The molecule has 2 fully saturated rings. The van der Waals surface area contributed by atoms with Gasteiger partial charge in [0.1, 0.15) is 18.3 Å². The van der Waals surface area contributed by atoms with Crippen molar-refractivity contribution in [1.29, 1.82) is 0 Å². The van der Waals surface area contributed by atoms with Crippen LogP contribution >= 0.6 is 0 Å². The zero-order chi connectivity index (χ0) is 16.8. The highest BCUT2D eigenvalue weighted by molar-refractivity contribution is 5.72. The molecule has 1 aromatic rings. The number of amides is 1. The monoisotopic (exact) mass is 325 g/mol. The molecule has 0 aliphatic carbocycles. The van der Waals surface area contributed by atoms with Crippen molar-refractivity contribution in [3.63, 3.8) is 0 Å². The number of fused-ring (bicyclic) bond motifs is 1. The molecule has 0 radical (unpaired) electrons. The van der Waals surface area contributed by atoms with Gasteiger partial charge in [-0.1, -0.05) is 0 Å². The molecule has 1 aromatic heterocycles. The Morgan fingerprint density at radius 2 is 2.04 bits per heavy atom. The normalized spacial score (nSPS) is 31.8. The van der Waals surface area contributed by atoms with Crippen LogP contribution in [0.2, 0.25) is 0 Å². The lowest BCUT2D eigenvalue weighted by Gasteiger charge is -2.24. The SMILES string of the molecule is CC(=O)NC[C@H]1O[C@@H](n2ccc(=O)[nH]c2=O)[C@@H]2OC(C)(C)O[C@@H]21. The summed E-state index contributed by atoms with van der Waals surface area (Å²) >= 11 is 0. The van der Waals surface area contributed by atoms with Crippen LogP contribution in [-0.2, 0) is 19.0 Å². The fraction of sp³-hybridized carbons (Fsp3) is 0.643. The third kappa shape index (κ3) is 3.07. The van der Waals surface area contributed by atoms with Gasteiger partial charge in [0.25, 0.3) is 5.56 Å². The predicted molar refractivity (Wildman–Crippen MR) is 77.7 cm³/mol. The van der Waals surface area contributed by atoms with E-state index in [1.807, 2.05) is 0 Å². The molecule has 1 amide bonds. The molecule has 4 atom stereocenters. The lowest BCUT2D eigenvalue weighted by atomic mass is 10.1. The van der Waals surface area contributed by atoms with Crippen LogP contribution in [-0.4, -0.2) is 46.1 Å². The fourth-order valence-electron chi connectivity index (χ4n) is 2.92. The van der Waals surface area contributed by atoms with Crippen LogP contribution in [0, 0.1) is 0 Å². The predicted octanol–water partition coefficient (Wildman–Crippen LogP) is -0.910. The molecule has 0 saturated carbocycles. The molecule has 2 N–H and O–H groups in total. The molecule has 23 heavy (non-hydrogen) atoms. The molecule has 2 saturated heterocycles. The maximum absolute atomic E-state index is 12.0. The van der Waals surface area contributed by atoms with Crippen molar-refractivity contribution in [2.45, 2.75) is 51.1 Å². The summed E-state index contributed by atoms with van der Waals surface area (Å²) in [4.78, 5) is 36.5. The number of rotatable bonds is 3. The third-order valence-corrected chi connectivity index (χ3v) is 3.80. The van der Waals surface area contributed by atoms with E-state index in [2.05, 4.69) is 10.3 Å². The molecule has 0 bridgehead atoms. The Morgan fingerprint density at radius 3 is 2.70 bits per heavy atom. The Balaban J connectivity index is 1.90. The average molecular weight is 325 g/mol. The maximum Gasteiger partial charge on any atom is 0.330 e. The lowest BCUT2D eigenvalue weighted by Crippen LogP contribution is -2.39. The van der Waals surface area contributed by atoms with Gasteiger partial charge in [-0.05, 0) is 13.8 Å². The van der Waals surface area contributed by atoms with E-state index in [0.29, 0.717) is 0 Å². The van der Waals surface area contributed by atoms with Gasteiger partial charge in [-0.2, -0.15) is 0 Å². The second kappa shape index (κ2) is 5.59. The van der Waals surface area contributed by atoms with E-state index in [0.717, 1.165) is 0 Å². The van der Waals surface area contributed by atoms with E-state index in [4.69, 9.17) is 14.2 Å². The number of hydrogen-bond donors (Lipinski definition) is 2. The zero-order valence-corrected chi connectivity index (χ0v) is 13.1. The van der Waals surface area contributed by atoms with Crippen molar-refractivity contribution in [1.82, 2.24) is 14.9 Å². The van der Waals surface area contributed by atoms with E-state index in [-0.39, 0.29) is 12.5 Å². The largest absolute Gasteiger partial charge is 0.354 e. The van der Waals surface area contributed by atoms with Crippen molar-refractivity contribution >= 4 is 5.91 Å². The Labute approximate surface area is 131 Å². The van der Waals surface area contributed by atoms with Gasteiger partial charge >= 0.3 is 5.69 Å². The van der Waals surface area contributed by atoms with Crippen LogP contribution in [0.25, 0.3) is 0 Å². The first-order chi connectivity index (χ1) is 10.8. The Bertz CT molecular complexity index is 724. The van der Waals surface area contributed by atoms with E-state index in [1.54, 1.807) is 13.8 Å². The standard InChI is InChI=1S/C14H19N3O6/c1-7(18)15-6-8-10-11(23-14(2,3)22-10)12(21-8)17-5-4-9(19)16-13(17)20/h4-5,8,10-12H,6H2,1-3H3,(H,15,18)(H,16,19,20)/t8-,10-,11-,12-/m1/s1. The molecule has 3 heterocycles. The quantitative estimate of drug-likeness (QED) is 0.744. The summed E-state index contributed by atoms with van der Waals surface area (Å²) in [6, 6.07) is 1.24. The molecule has 9 heteroatoms. The minimum absolute atomic E-state index is 0.187. The summed E-state index contributed by atoms with van der Waals surface area (Å²) in [5, 5.41) is 2.68. The van der Waals surface area contributed by atoms with Crippen molar-refractivity contribution in [3.8, 4) is 0 Å². The average Bonchev–Trinajstić information content (AvgIpc) is 2.90. The summed E-state index contributed by atoms with van der Waals surface area (Å²) in [6.45, 7) is 5.19. The summed E-state index contributed by atoms with van der Waals surface area (Å²) in [5.41, 5.74) is -1.07. The van der Waals surface area contributed by atoms with Crippen LogP contribution in [0.15, 0.2) is 21.9 Å². The smallest absolute Gasteiger partial charge is 0.330 e. The molecule has 2 aliphatic heterocycles. The molecular weight excluding hydrogens is 306 g/mol. The van der Waals surface area contributed by atoms with Gasteiger partial charge in [0.15, 0.2) is 12.0 Å². The minimum atomic E-state index is -0.822. The molecule has 126 valence electrons. The first-order valence-electron chi connectivity index (χ1n) is 7.34. The van der Waals surface area contributed by atoms with E-state index >= 15 is 0 Å². The van der Waals surface area contributed by atoms with Crippen molar-refractivity contribution in [3.05, 3.63) is 33.1 Å². The fourth-order valence-corrected chi connectivity index (χ4v) is 2.92. The van der Waals surface area contributed by atoms with E-state index < -0.39 is 41.6 Å². The number of ether oxygens (including phenoxy) is 3. The summed E-state index contributed by atoms with van der Waals surface area (Å²) in [7, 11) is 0. The highest BCUT2D eigenvalue weighted by atomic mass is 16.8. The third-order valence-electron chi connectivity index (χ3n) is 3.80. The number of nitrogens with zero attached hydrogens (tertiary/aromatic N) is 1. The highest BCUT2D eigenvalue weighted by Crippen LogP contribution is 2.42. The number of nitrogens with one attached hydrogen (secondary N) is 2. The summed E-state index contributed by atoms with van der Waals surface area (Å²) < 4.78 is 18.8. The Morgan fingerprint density at radius 1 is 1.35 bits per heavy atom. The van der Waals surface area contributed by atoms with Gasteiger partial charge in [0, 0.05) is 25.7 Å². The van der Waals surface area contributed by atoms with Crippen molar-refractivity contribution in [2.24, 2.45) is 0 Å². The zero-order valence-electron chi connectivity index (χ0n) is 13.1. The van der Waals surface area contributed by atoms with Crippen LogP contribution in [0.1, 0.15) is 27.0 Å².